The van der Waals surface area contributed by atoms with Crippen LogP contribution < -0.4 is 20.1 Å². The van der Waals surface area contributed by atoms with Crippen LogP contribution in [-0.4, -0.2) is 51.5 Å². The number of hydrogen-bond donors (Lipinski definition) is 2. The Morgan fingerprint density at radius 1 is 1.32 bits per heavy atom. The Labute approximate surface area is 167 Å². The molecule has 2 atom stereocenters. The van der Waals surface area contributed by atoms with E-state index in [1.54, 1.807) is 7.11 Å². The van der Waals surface area contributed by atoms with Crippen LogP contribution in [0.1, 0.15) is 26.7 Å². The van der Waals surface area contributed by atoms with Crippen molar-refractivity contribution in [2.24, 2.45) is 4.99 Å². The van der Waals surface area contributed by atoms with Gasteiger partial charge in [0.05, 0.1) is 19.8 Å². The van der Waals surface area contributed by atoms with E-state index in [-0.39, 0.29) is 36.2 Å². The highest BCUT2D eigenvalue weighted by molar-refractivity contribution is 14.0. The number of benzene rings is 1. The average molecular weight is 463 g/mol. The molecular weight excluding hydrogens is 433 g/mol. The van der Waals surface area contributed by atoms with Crippen LogP contribution in [0.4, 0.5) is 0 Å². The molecular formula is C18H30IN3O3. The number of guanidine groups is 1. The van der Waals surface area contributed by atoms with Crippen LogP contribution in [0.3, 0.4) is 0 Å². The molecule has 6 nitrogen and oxygen atoms in total. The normalized spacial score (nSPS) is 18.2. The fraction of sp³-hybridized carbons (Fsp3) is 0.611. The first kappa shape index (κ1) is 21.8. The fourth-order valence-electron chi connectivity index (χ4n) is 2.55. The molecule has 0 aliphatic carbocycles. The number of rotatable bonds is 8. The monoisotopic (exact) mass is 463 g/mol. The summed E-state index contributed by atoms with van der Waals surface area (Å²) < 4.78 is 16.9. The van der Waals surface area contributed by atoms with Crippen molar-refractivity contribution in [3.8, 4) is 11.5 Å². The summed E-state index contributed by atoms with van der Waals surface area (Å²) in [6.45, 7) is 7.08. The lowest BCUT2D eigenvalue weighted by Crippen LogP contribution is -2.41. The molecule has 1 aliphatic rings. The van der Waals surface area contributed by atoms with Crippen LogP contribution >= 0.6 is 24.0 Å². The van der Waals surface area contributed by atoms with Crippen LogP contribution in [0.2, 0.25) is 0 Å². The molecule has 1 fully saturated rings. The molecule has 25 heavy (non-hydrogen) atoms. The standard InChI is InChI=1S/C18H29N3O3.HI/c1-4-19-18(21-13-15-8-7-11-23-15)20-12-14(2)24-17-10-6-5-9-16(17)22-3;/h5-6,9-10,14-15H,4,7-8,11-13H2,1-3H3,(H2,19,20,21);1H. The highest BCUT2D eigenvalue weighted by Gasteiger charge is 2.15. The Kier molecular flexibility index (Phi) is 10.6. The first-order valence-corrected chi connectivity index (χ1v) is 8.66. The van der Waals surface area contributed by atoms with Crippen molar-refractivity contribution >= 4 is 29.9 Å². The molecule has 0 radical (unpaired) electrons. The van der Waals surface area contributed by atoms with Crippen LogP contribution in [0.25, 0.3) is 0 Å². The van der Waals surface area contributed by atoms with Gasteiger partial charge in [-0.15, -0.1) is 24.0 Å². The first-order valence-electron chi connectivity index (χ1n) is 8.66. The molecule has 142 valence electrons. The number of nitrogens with zero attached hydrogens (tertiary/aromatic N) is 1. The third kappa shape index (κ3) is 7.68. The lowest BCUT2D eigenvalue weighted by Gasteiger charge is -2.17. The maximum Gasteiger partial charge on any atom is 0.191 e. The van der Waals surface area contributed by atoms with E-state index in [2.05, 4.69) is 22.5 Å². The summed E-state index contributed by atoms with van der Waals surface area (Å²) in [6.07, 6.45) is 2.49. The van der Waals surface area contributed by atoms with E-state index in [9.17, 15) is 0 Å². The molecule has 0 bridgehead atoms. The van der Waals surface area contributed by atoms with E-state index >= 15 is 0 Å². The van der Waals surface area contributed by atoms with Crippen molar-refractivity contribution in [3.63, 3.8) is 0 Å². The average Bonchev–Trinajstić information content (AvgIpc) is 3.11. The molecule has 1 aromatic carbocycles. The molecule has 0 amide bonds. The molecule has 1 saturated heterocycles. The zero-order valence-electron chi connectivity index (χ0n) is 15.3. The third-order valence-corrected chi connectivity index (χ3v) is 3.77. The summed E-state index contributed by atoms with van der Waals surface area (Å²) in [5.74, 6) is 2.26. The maximum atomic E-state index is 5.93. The number of methoxy groups -OCH3 is 1. The summed E-state index contributed by atoms with van der Waals surface area (Å²) in [7, 11) is 1.64. The number of para-hydroxylation sites is 2. The Bertz CT molecular complexity index is 522. The van der Waals surface area contributed by atoms with Crippen molar-refractivity contribution in [1.29, 1.82) is 0 Å². The predicted octanol–water partition coefficient (Wildman–Crippen LogP) is 2.81. The zero-order chi connectivity index (χ0) is 17.2. The van der Waals surface area contributed by atoms with Crippen LogP contribution in [0.5, 0.6) is 11.5 Å². The second-order valence-corrected chi connectivity index (χ2v) is 5.81. The van der Waals surface area contributed by atoms with Gasteiger partial charge in [-0.1, -0.05) is 12.1 Å². The van der Waals surface area contributed by atoms with Gasteiger partial charge in [-0.3, -0.25) is 0 Å². The summed E-state index contributed by atoms with van der Waals surface area (Å²) in [4.78, 5) is 4.60. The minimum Gasteiger partial charge on any atom is -0.493 e. The molecule has 0 saturated carbocycles. The molecule has 0 aromatic heterocycles. The van der Waals surface area contributed by atoms with Gasteiger partial charge < -0.3 is 24.8 Å². The molecule has 1 aromatic rings. The van der Waals surface area contributed by atoms with Gasteiger partial charge >= 0.3 is 0 Å². The van der Waals surface area contributed by atoms with Gasteiger partial charge in [-0.25, -0.2) is 4.99 Å². The maximum absolute atomic E-state index is 5.93. The Morgan fingerprint density at radius 2 is 2.08 bits per heavy atom. The van der Waals surface area contributed by atoms with Gasteiger partial charge in [0.2, 0.25) is 0 Å². The summed E-state index contributed by atoms with van der Waals surface area (Å²) in [5, 5.41) is 6.59. The topological polar surface area (TPSA) is 64.1 Å². The predicted molar refractivity (Wildman–Crippen MR) is 111 cm³/mol. The van der Waals surface area contributed by atoms with Crippen LogP contribution in [-0.2, 0) is 4.74 Å². The van der Waals surface area contributed by atoms with E-state index in [0.717, 1.165) is 50.0 Å². The molecule has 0 spiro atoms. The molecule has 2 rings (SSSR count). The van der Waals surface area contributed by atoms with Crippen molar-refractivity contribution in [2.45, 2.75) is 38.9 Å². The van der Waals surface area contributed by atoms with Crippen LogP contribution in [0, 0.1) is 0 Å². The van der Waals surface area contributed by atoms with E-state index in [1.807, 2.05) is 31.2 Å². The Hall–Kier alpha value is -1.22. The summed E-state index contributed by atoms with van der Waals surface area (Å²) in [6, 6.07) is 7.65. The van der Waals surface area contributed by atoms with Gasteiger partial charge in [-0.2, -0.15) is 0 Å². The summed E-state index contributed by atoms with van der Waals surface area (Å²) in [5.41, 5.74) is 0. The minimum atomic E-state index is -0.0560. The third-order valence-electron chi connectivity index (χ3n) is 3.77. The second-order valence-electron chi connectivity index (χ2n) is 5.81. The lowest BCUT2D eigenvalue weighted by atomic mass is 10.2. The van der Waals surface area contributed by atoms with Gasteiger partial charge in [0.1, 0.15) is 6.10 Å². The highest BCUT2D eigenvalue weighted by Crippen LogP contribution is 2.26. The van der Waals surface area contributed by atoms with Crippen molar-refractivity contribution < 1.29 is 14.2 Å². The number of nitrogens with one attached hydrogen (secondary N) is 2. The molecule has 7 heteroatoms. The lowest BCUT2D eigenvalue weighted by molar-refractivity contribution is 0.113. The van der Waals surface area contributed by atoms with Crippen molar-refractivity contribution in [3.05, 3.63) is 24.3 Å². The van der Waals surface area contributed by atoms with Crippen LogP contribution in [0.15, 0.2) is 29.3 Å². The number of ether oxygens (including phenoxy) is 3. The quantitative estimate of drug-likeness (QED) is 0.353. The molecule has 1 aliphatic heterocycles. The van der Waals surface area contributed by atoms with E-state index < -0.39 is 0 Å². The SMILES string of the molecule is CCNC(=NCC(C)Oc1ccccc1OC)NCC1CCCO1.I. The van der Waals surface area contributed by atoms with E-state index in [1.165, 1.54) is 0 Å². The molecule has 1 heterocycles. The van der Waals surface area contributed by atoms with Crippen molar-refractivity contribution in [1.82, 2.24) is 10.6 Å². The first-order chi connectivity index (χ1) is 11.7. The van der Waals surface area contributed by atoms with E-state index in [4.69, 9.17) is 14.2 Å². The van der Waals surface area contributed by atoms with Gasteiger partial charge in [-0.05, 0) is 38.8 Å². The Morgan fingerprint density at radius 3 is 2.72 bits per heavy atom. The number of hydrogen-bond acceptors (Lipinski definition) is 4. The van der Waals surface area contributed by atoms with Gasteiger partial charge in [0, 0.05) is 19.7 Å². The molecule has 2 unspecified atom stereocenters. The number of aliphatic imine (C=N–C) groups is 1. The summed E-state index contributed by atoms with van der Waals surface area (Å²) >= 11 is 0. The van der Waals surface area contributed by atoms with Crippen molar-refractivity contribution in [2.75, 3.05) is 33.4 Å². The van der Waals surface area contributed by atoms with Gasteiger partial charge in [0.15, 0.2) is 17.5 Å². The minimum absolute atomic E-state index is 0. The fourth-order valence-corrected chi connectivity index (χ4v) is 2.55. The smallest absolute Gasteiger partial charge is 0.191 e. The number of halogens is 1. The van der Waals surface area contributed by atoms with Gasteiger partial charge in [0.25, 0.3) is 0 Å². The largest absolute Gasteiger partial charge is 0.493 e. The Balaban J connectivity index is 0.00000312. The zero-order valence-corrected chi connectivity index (χ0v) is 17.6. The highest BCUT2D eigenvalue weighted by atomic mass is 127. The second kappa shape index (κ2) is 12.2. The molecule has 2 N–H and O–H groups in total. The van der Waals surface area contributed by atoms with E-state index in [0.29, 0.717) is 6.54 Å².